The number of aromatic amines is 1. The van der Waals surface area contributed by atoms with E-state index in [0.717, 1.165) is 11.8 Å². The molecule has 7 heteroatoms. The van der Waals surface area contributed by atoms with Crippen LogP contribution >= 0.6 is 0 Å². The van der Waals surface area contributed by atoms with Gasteiger partial charge in [0, 0.05) is 17.2 Å². The van der Waals surface area contributed by atoms with Crippen molar-refractivity contribution >= 4 is 15.8 Å². The Kier molecular flexibility index (Phi) is 3.79. The highest BCUT2D eigenvalue weighted by atomic mass is 32.2. The van der Waals surface area contributed by atoms with Crippen molar-refractivity contribution < 1.29 is 12.8 Å². The van der Waals surface area contributed by atoms with E-state index in [-0.39, 0.29) is 16.1 Å². The Bertz CT molecular complexity index is 761. The minimum absolute atomic E-state index is 0.133. The summed E-state index contributed by atoms with van der Waals surface area (Å²) < 4.78 is 40.2. The molecule has 0 aliphatic heterocycles. The predicted octanol–water partition coefficient (Wildman–Crippen LogP) is 2.96. The summed E-state index contributed by atoms with van der Waals surface area (Å²) in [4.78, 5) is -0.133. The Morgan fingerprint density at radius 1 is 1.24 bits per heavy atom. The number of nitrogens with one attached hydrogen (secondary N) is 2. The quantitative estimate of drug-likeness (QED) is 0.915. The van der Waals surface area contributed by atoms with E-state index < -0.39 is 15.8 Å². The van der Waals surface area contributed by atoms with Crippen LogP contribution in [0.4, 0.5) is 10.2 Å². The number of nitrogens with zero attached hydrogens (tertiary/aromatic N) is 1. The Balaban J connectivity index is 2.29. The monoisotopic (exact) mass is 311 g/mol. The summed E-state index contributed by atoms with van der Waals surface area (Å²) in [6, 6.07) is 5.41. The normalized spacial score (nSPS) is 12.4. The van der Waals surface area contributed by atoms with Gasteiger partial charge >= 0.3 is 0 Å². The van der Waals surface area contributed by atoms with Gasteiger partial charge in [-0.25, -0.2) is 12.8 Å². The molecular formula is C14H18FN3O2S. The van der Waals surface area contributed by atoms with Crippen molar-refractivity contribution in [1.29, 1.82) is 0 Å². The standard InChI is InChI=1S/C14H18FN3O2S/c1-9-5-6-10(7-11(9)15)21(19,20)18-13-8-12(16-17-13)14(2,3)4/h5-8H,1-4H3,(H2,16,17,18). The SMILES string of the molecule is Cc1ccc(S(=O)(=O)Nc2cc(C(C)(C)C)[nH]n2)cc1F. The molecule has 2 N–H and O–H groups in total. The third kappa shape index (κ3) is 3.41. The van der Waals surface area contributed by atoms with Gasteiger partial charge < -0.3 is 0 Å². The largest absolute Gasteiger partial charge is 0.280 e. The van der Waals surface area contributed by atoms with Crippen LogP contribution in [0.25, 0.3) is 0 Å². The number of aromatic nitrogens is 2. The van der Waals surface area contributed by atoms with E-state index in [1.807, 2.05) is 20.8 Å². The fourth-order valence-corrected chi connectivity index (χ4v) is 2.70. The molecule has 0 aliphatic rings. The summed E-state index contributed by atoms with van der Waals surface area (Å²) in [6.45, 7) is 7.51. The Morgan fingerprint density at radius 3 is 2.43 bits per heavy atom. The zero-order valence-corrected chi connectivity index (χ0v) is 13.2. The maximum atomic E-state index is 13.5. The molecule has 0 amide bonds. The van der Waals surface area contributed by atoms with Crippen LogP contribution in [-0.4, -0.2) is 18.6 Å². The lowest BCUT2D eigenvalue weighted by atomic mass is 9.92. The van der Waals surface area contributed by atoms with Crippen LogP contribution in [0.2, 0.25) is 0 Å². The molecular weight excluding hydrogens is 293 g/mol. The number of sulfonamides is 1. The van der Waals surface area contributed by atoms with Crippen molar-refractivity contribution in [3.05, 3.63) is 41.3 Å². The molecule has 21 heavy (non-hydrogen) atoms. The molecule has 2 aromatic rings. The van der Waals surface area contributed by atoms with Crippen LogP contribution < -0.4 is 4.72 Å². The molecule has 0 saturated carbocycles. The van der Waals surface area contributed by atoms with E-state index in [1.54, 1.807) is 13.0 Å². The summed E-state index contributed by atoms with van der Waals surface area (Å²) in [7, 11) is -3.86. The molecule has 0 atom stereocenters. The molecule has 5 nitrogen and oxygen atoms in total. The highest BCUT2D eigenvalue weighted by molar-refractivity contribution is 7.92. The predicted molar refractivity (Wildman–Crippen MR) is 79.2 cm³/mol. The fraction of sp³-hybridized carbons (Fsp3) is 0.357. The first-order valence-corrected chi connectivity index (χ1v) is 7.93. The second kappa shape index (κ2) is 5.14. The van der Waals surface area contributed by atoms with E-state index in [9.17, 15) is 12.8 Å². The van der Waals surface area contributed by atoms with Crippen molar-refractivity contribution in [3.63, 3.8) is 0 Å². The van der Waals surface area contributed by atoms with Gasteiger partial charge in [0.1, 0.15) is 5.82 Å². The molecule has 0 saturated heterocycles. The second-order valence-electron chi connectivity index (χ2n) is 5.93. The number of benzene rings is 1. The van der Waals surface area contributed by atoms with Crippen LogP contribution in [0, 0.1) is 12.7 Å². The lowest BCUT2D eigenvalue weighted by molar-refractivity contribution is 0.567. The summed E-state index contributed by atoms with van der Waals surface area (Å²) in [5.74, 6) is -0.379. The molecule has 1 heterocycles. The number of H-pyrrole nitrogens is 1. The van der Waals surface area contributed by atoms with Gasteiger partial charge in [0.15, 0.2) is 5.82 Å². The summed E-state index contributed by atoms with van der Waals surface area (Å²) in [5, 5.41) is 6.71. The van der Waals surface area contributed by atoms with Crippen molar-refractivity contribution in [2.45, 2.75) is 38.0 Å². The van der Waals surface area contributed by atoms with Crippen molar-refractivity contribution in [2.24, 2.45) is 0 Å². The van der Waals surface area contributed by atoms with Crippen LogP contribution in [0.5, 0.6) is 0 Å². The molecule has 114 valence electrons. The van der Waals surface area contributed by atoms with E-state index in [1.165, 1.54) is 12.1 Å². The lowest BCUT2D eigenvalue weighted by Gasteiger charge is -2.14. The maximum absolute atomic E-state index is 13.5. The third-order valence-corrected chi connectivity index (χ3v) is 4.43. The van der Waals surface area contributed by atoms with E-state index >= 15 is 0 Å². The van der Waals surface area contributed by atoms with E-state index in [4.69, 9.17) is 0 Å². The Morgan fingerprint density at radius 2 is 1.90 bits per heavy atom. The first kappa shape index (κ1) is 15.5. The average molecular weight is 311 g/mol. The topological polar surface area (TPSA) is 74.8 Å². The maximum Gasteiger partial charge on any atom is 0.263 e. The number of hydrogen-bond donors (Lipinski definition) is 2. The molecule has 0 spiro atoms. The van der Waals surface area contributed by atoms with Gasteiger partial charge in [0.2, 0.25) is 0 Å². The van der Waals surface area contributed by atoms with Gasteiger partial charge in [0.25, 0.3) is 10.0 Å². The zero-order valence-electron chi connectivity index (χ0n) is 12.4. The number of anilines is 1. The van der Waals surface area contributed by atoms with Gasteiger partial charge in [-0.15, -0.1) is 0 Å². The highest BCUT2D eigenvalue weighted by Gasteiger charge is 2.20. The first-order chi connectivity index (χ1) is 9.59. The fourth-order valence-electron chi connectivity index (χ4n) is 1.70. The van der Waals surface area contributed by atoms with Crippen LogP contribution in [0.15, 0.2) is 29.2 Å². The molecule has 2 rings (SSSR count). The lowest BCUT2D eigenvalue weighted by Crippen LogP contribution is -2.14. The first-order valence-electron chi connectivity index (χ1n) is 6.44. The van der Waals surface area contributed by atoms with Crippen LogP contribution in [-0.2, 0) is 15.4 Å². The van der Waals surface area contributed by atoms with Gasteiger partial charge in [-0.05, 0) is 24.6 Å². The molecule has 0 aliphatic carbocycles. The zero-order chi connectivity index (χ0) is 15.8. The minimum atomic E-state index is -3.86. The molecule has 1 aromatic heterocycles. The van der Waals surface area contributed by atoms with Crippen molar-refractivity contribution in [1.82, 2.24) is 10.2 Å². The Hall–Kier alpha value is -1.89. The highest BCUT2D eigenvalue weighted by Crippen LogP contribution is 2.23. The van der Waals surface area contributed by atoms with Gasteiger partial charge in [-0.2, -0.15) is 5.10 Å². The van der Waals surface area contributed by atoms with Gasteiger partial charge in [-0.1, -0.05) is 26.8 Å². The van der Waals surface area contributed by atoms with Gasteiger partial charge in [-0.3, -0.25) is 9.82 Å². The average Bonchev–Trinajstić information content (AvgIpc) is 2.80. The molecule has 0 radical (unpaired) electrons. The second-order valence-corrected chi connectivity index (χ2v) is 7.62. The van der Waals surface area contributed by atoms with Crippen LogP contribution in [0.1, 0.15) is 32.0 Å². The number of halogens is 1. The minimum Gasteiger partial charge on any atom is -0.280 e. The summed E-state index contributed by atoms with van der Waals surface area (Å²) in [5.41, 5.74) is 1.02. The summed E-state index contributed by atoms with van der Waals surface area (Å²) >= 11 is 0. The van der Waals surface area contributed by atoms with Gasteiger partial charge in [0.05, 0.1) is 4.90 Å². The third-order valence-electron chi connectivity index (χ3n) is 3.08. The molecule has 0 bridgehead atoms. The van der Waals surface area contributed by atoms with Crippen LogP contribution in [0.3, 0.4) is 0 Å². The number of hydrogen-bond acceptors (Lipinski definition) is 3. The summed E-state index contributed by atoms with van der Waals surface area (Å²) in [6.07, 6.45) is 0. The molecule has 0 unspecified atom stereocenters. The molecule has 1 aromatic carbocycles. The molecule has 0 fully saturated rings. The number of rotatable bonds is 3. The smallest absolute Gasteiger partial charge is 0.263 e. The van der Waals surface area contributed by atoms with Crippen molar-refractivity contribution in [2.75, 3.05) is 4.72 Å². The van der Waals surface area contributed by atoms with E-state index in [2.05, 4.69) is 14.9 Å². The number of aryl methyl sites for hydroxylation is 1. The van der Waals surface area contributed by atoms with Crippen molar-refractivity contribution in [3.8, 4) is 0 Å². The Labute approximate surface area is 123 Å². The van der Waals surface area contributed by atoms with E-state index in [0.29, 0.717) is 5.56 Å².